The second-order valence-electron chi connectivity index (χ2n) is 10.1. The molecule has 24 heavy (non-hydrogen) atoms. The van der Waals surface area contributed by atoms with E-state index < -0.39 is 0 Å². The molecule has 136 valence electrons. The Morgan fingerprint density at radius 3 is 1.75 bits per heavy atom. The average Bonchev–Trinajstić information content (AvgIpc) is 3.24. The van der Waals surface area contributed by atoms with Crippen LogP contribution in [-0.2, 0) is 0 Å². The molecule has 0 heteroatoms. The Morgan fingerprint density at radius 1 is 0.750 bits per heavy atom. The summed E-state index contributed by atoms with van der Waals surface area (Å²) in [7, 11) is 0. The summed E-state index contributed by atoms with van der Waals surface area (Å²) < 4.78 is 0. The highest BCUT2D eigenvalue weighted by molar-refractivity contribution is 5.03. The molecule has 6 unspecified atom stereocenters. The second-order valence-corrected chi connectivity index (χ2v) is 10.1. The smallest absolute Gasteiger partial charge is 0.0261 e. The van der Waals surface area contributed by atoms with Crippen molar-refractivity contribution in [3.05, 3.63) is 12.7 Å². The van der Waals surface area contributed by atoms with E-state index in [4.69, 9.17) is 0 Å². The highest BCUT2D eigenvalue weighted by Crippen LogP contribution is 2.62. The van der Waals surface area contributed by atoms with Crippen molar-refractivity contribution in [2.45, 2.75) is 96.8 Å². The van der Waals surface area contributed by atoms with Crippen LogP contribution in [0.25, 0.3) is 0 Å². The fourth-order valence-corrected chi connectivity index (χ4v) is 8.16. The molecule has 0 aromatic rings. The zero-order valence-corrected chi connectivity index (χ0v) is 16.1. The summed E-state index contributed by atoms with van der Waals surface area (Å²) in [5.41, 5.74) is 0.613. The van der Waals surface area contributed by atoms with Crippen molar-refractivity contribution in [1.82, 2.24) is 0 Å². The molecule has 0 amide bonds. The monoisotopic (exact) mass is 328 g/mol. The molecule has 0 spiro atoms. The van der Waals surface area contributed by atoms with E-state index in [1.54, 1.807) is 51.4 Å². The number of hydrogen-bond donors (Lipinski definition) is 0. The number of allylic oxidation sites excluding steroid dienone is 1. The summed E-state index contributed by atoms with van der Waals surface area (Å²) in [6.07, 6.45) is 23.4. The Bertz CT molecular complexity index is 403. The van der Waals surface area contributed by atoms with Crippen molar-refractivity contribution in [1.29, 1.82) is 0 Å². The molecule has 4 aliphatic rings. The maximum absolute atomic E-state index is 4.08. The molecule has 6 atom stereocenters. The number of rotatable bonds is 5. The summed E-state index contributed by atoms with van der Waals surface area (Å²) >= 11 is 0. The highest BCUT2D eigenvalue weighted by Gasteiger charge is 2.53. The van der Waals surface area contributed by atoms with Crippen molar-refractivity contribution in [3.8, 4) is 0 Å². The molecule has 0 bridgehead atoms. The van der Waals surface area contributed by atoms with Gasteiger partial charge in [0.2, 0.25) is 0 Å². The van der Waals surface area contributed by atoms with Crippen LogP contribution < -0.4 is 0 Å². The molecular formula is C24H40. The fraction of sp³-hybridized carbons (Fsp3) is 0.917. The summed E-state index contributed by atoms with van der Waals surface area (Å²) in [5, 5.41) is 0. The lowest BCUT2D eigenvalue weighted by Crippen LogP contribution is -2.41. The molecule has 4 fully saturated rings. The first-order chi connectivity index (χ1) is 11.7. The minimum atomic E-state index is 0.613. The first kappa shape index (κ1) is 17.2. The predicted octanol–water partition coefficient (Wildman–Crippen LogP) is 7.39. The number of fused-ring (bicyclic) bond motifs is 2. The van der Waals surface area contributed by atoms with Gasteiger partial charge >= 0.3 is 0 Å². The van der Waals surface area contributed by atoms with Crippen LogP contribution in [0, 0.1) is 40.9 Å². The summed E-state index contributed by atoms with van der Waals surface area (Å²) in [6, 6.07) is 0. The highest BCUT2D eigenvalue weighted by atomic mass is 14.6. The molecular weight excluding hydrogens is 288 g/mol. The Kier molecular flexibility index (Phi) is 5.12. The van der Waals surface area contributed by atoms with Gasteiger partial charge in [0.15, 0.2) is 0 Å². The largest absolute Gasteiger partial charge is 0.103 e. The Labute approximate surface area is 150 Å². The van der Waals surface area contributed by atoms with Gasteiger partial charge in [0.05, 0.1) is 0 Å². The molecule has 0 nitrogen and oxygen atoms in total. The minimum absolute atomic E-state index is 0.613. The van der Waals surface area contributed by atoms with Crippen LogP contribution in [0.1, 0.15) is 96.8 Å². The van der Waals surface area contributed by atoms with E-state index >= 15 is 0 Å². The molecule has 0 aromatic heterocycles. The topological polar surface area (TPSA) is 0 Å². The Balaban J connectivity index is 1.59. The zero-order chi connectivity index (χ0) is 16.6. The van der Waals surface area contributed by atoms with Gasteiger partial charge in [-0.05, 0) is 92.3 Å². The van der Waals surface area contributed by atoms with E-state index in [2.05, 4.69) is 19.6 Å². The minimum Gasteiger partial charge on any atom is -0.103 e. The third kappa shape index (κ3) is 2.90. The third-order valence-corrected chi connectivity index (χ3v) is 9.25. The normalized spacial score (nSPS) is 44.5. The van der Waals surface area contributed by atoms with Crippen molar-refractivity contribution in [2.24, 2.45) is 40.9 Å². The van der Waals surface area contributed by atoms with Gasteiger partial charge in [0, 0.05) is 0 Å². The molecule has 0 heterocycles. The van der Waals surface area contributed by atoms with E-state index in [1.807, 2.05) is 0 Å². The second kappa shape index (κ2) is 7.16. The first-order valence-corrected chi connectivity index (χ1v) is 11.3. The van der Waals surface area contributed by atoms with Gasteiger partial charge in [-0.1, -0.05) is 51.5 Å². The lowest BCUT2D eigenvalue weighted by Gasteiger charge is -2.48. The molecule has 0 aliphatic heterocycles. The molecule has 4 saturated carbocycles. The fourth-order valence-electron chi connectivity index (χ4n) is 8.16. The maximum Gasteiger partial charge on any atom is -0.0261 e. The first-order valence-electron chi connectivity index (χ1n) is 11.3. The van der Waals surface area contributed by atoms with Crippen LogP contribution >= 0.6 is 0 Å². The van der Waals surface area contributed by atoms with Gasteiger partial charge in [0.1, 0.15) is 0 Å². The van der Waals surface area contributed by atoms with Gasteiger partial charge in [-0.2, -0.15) is 0 Å². The van der Waals surface area contributed by atoms with Crippen molar-refractivity contribution in [3.63, 3.8) is 0 Å². The Hall–Kier alpha value is -0.260. The van der Waals surface area contributed by atoms with Crippen LogP contribution in [0.4, 0.5) is 0 Å². The van der Waals surface area contributed by atoms with E-state index in [-0.39, 0.29) is 0 Å². The quantitative estimate of drug-likeness (QED) is 0.461. The molecule has 4 aliphatic carbocycles. The van der Waals surface area contributed by atoms with Gasteiger partial charge in [-0.25, -0.2) is 0 Å². The van der Waals surface area contributed by atoms with Gasteiger partial charge < -0.3 is 0 Å². The molecule has 0 aromatic carbocycles. The SMILES string of the molecule is C=CCCC(C)(C1CCC2CCCCC21)C1CCC2CCCCC21. The van der Waals surface area contributed by atoms with Gasteiger partial charge in [0.25, 0.3) is 0 Å². The average molecular weight is 329 g/mol. The van der Waals surface area contributed by atoms with Crippen LogP contribution in [0.15, 0.2) is 12.7 Å². The lowest BCUT2D eigenvalue weighted by atomic mass is 9.56. The summed E-state index contributed by atoms with van der Waals surface area (Å²) in [5.74, 6) is 6.42. The number of hydrogen-bond acceptors (Lipinski definition) is 0. The molecule has 0 N–H and O–H groups in total. The maximum atomic E-state index is 4.08. The summed E-state index contributed by atoms with van der Waals surface area (Å²) in [6.45, 7) is 6.83. The van der Waals surface area contributed by atoms with Gasteiger partial charge in [-0.3, -0.25) is 0 Å². The van der Waals surface area contributed by atoms with E-state index in [9.17, 15) is 0 Å². The lowest BCUT2D eigenvalue weighted by molar-refractivity contribution is 0.00424. The van der Waals surface area contributed by atoms with E-state index in [0.717, 1.165) is 35.5 Å². The van der Waals surface area contributed by atoms with Crippen molar-refractivity contribution in [2.75, 3.05) is 0 Å². The Morgan fingerprint density at radius 2 is 1.25 bits per heavy atom. The predicted molar refractivity (Wildman–Crippen MR) is 104 cm³/mol. The van der Waals surface area contributed by atoms with Crippen molar-refractivity contribution < 1.29 is 0 Å². The van der Waals surface area contributed by atoms with Crippen molar-refractivity contribution >= 4 is 0 Å². The van der Waals surface area contributed by atoms with Crippen LogP contribution in [0.2, 0.25) is 0 Å². The standard InChI is InChI=1S/C24H40/c1-3-4-17-24(2,22-15-13-18-9-5-7-11-20(18)22)23-16-14-19-10-6-8-12-21(19)23/h3,18-23H,1,4-17H2,2H3. The third-order valence-electron chi connectivity index (χ3n) is 9.25. The van der Waals surface area contributed by atoms with Crippen LogP contribution in [0.3, 0.4) is 0 Å². The zero-order valence-electron chi connectivity index (χ0n) is 16.1. The molecule has 0 radical (unpaired) electrons. The molecule has 4 rings (SSSR count). The van der Waals surface area contributed by atoms with Gasteiger partial charge in [-0.15, -0.1) is 6.58 Å². The van der Waals surface area contributed by atoms with Crippen LogP contribution in [-0.4, -0.2) is 0 Å². The van der Waals surface area contributed by atoms with E-state index in [0.29, 0.717) is 5.41 Å². The van der Waals surface area contributed by atoms with Crippen LogP contribution in [0.5, 0.6) is 0 Å². The molecule has 0 saturated heterocycles. The van der Waals surface area contributed by atoms with E-state index in [1.165, 1.54) is 38.5 Å². The summed E-state index contributed by atoms with van der Waals surface area (Å²) in [4.78, 5) is 0.